The van der Waals surface area contributed by atoms with Crippen molar-refractivity contribution in [3.05, 3.63) is 60.2 Å². The molecular weight excluding hydrogens is 280 g/mol. The van der Waals surface area contributed by atoms with Crippen molar-refractivity contribution >= 4 is 11.8 Å². The van der Waals surface area contributed by atoms with Gasteiger partial charge in [0.1, 0.15) is 11.5 Å². The molecule has 2 aromatic rings. The second kappa shape index (κ2) is 7.41. The van der Waals surface area contributed by atoms with E-state index in [1.807, 2.05) is 54.6 Å². The van der Waals surface area contributed by atoms with Crippen LogP contribution in [0.1, 0.15) is 18.9 Å². The molecule has 0 aliphatic carbocycles. The van der Waals surface area contributed by atoms with E-state index in [0.717, 1.165) is 17.1 Å². The molecule has 0 aliphatic rings. The molecule has 2 rings (SSSR count). The van der Waals surface area contributed by atoms with Gasteiger partial charge in [-0.1, -0.05) is 37.3 Å². The van der Waals surface area contributed by atoms with Gasteiger partial charge < -0.3 is 9.84 Å². The lowest BCUT2D eigenvalue weighted by atomic mass is 9.97. The zero-order chi connectivity index (χ0) is 15.9. The number of para-hydroxylation sites is 1. The van der Waals surface area contributed by atoms with Crippen LogP contribution in [-0.2, 0) is 16.0 Å². The van der Waals surface area contributed by atoms with E-state index in [9.17, 15) is 9.59 Å². The van der Waals surface area contributed by atoms with Crippen LogP contribution in [0.25, 0.3) is 0 Å². The van der Waals surface area contributed by atoms with Crippen LogP contribution in [0.3, 0.4) is 0 Å². The number of benzene rings is 2. The minimum absolute atomic E-state index is 0.474. The lowest BCUT2D eigenvalue weighted by Gasteiger charge is -2.09. The van der Waals surface area contributed by atoms with Gasteiger partial charge in [-0.05, 0) is 42.7 Å². The summed E-state index contributed by atoms with van der Waals surface area (Å²) in [6, 6.07) is 17.1. The van der Waals surface area contributed by atoms with Gasteiger partial charge in [0, 0.05) is 5.92 Å². The van der Waals surface area contributed by atoms with Gasteiger partial charge in [-0.25, -0.2) is 4.79 Å². The molecule has 0 aliphatic heterocycles. The lowest BCUT2D eigenvalue weighted by molar-refractivity contribution is -0.150. The Labute approximate surface area is 129 Å². The highest BCUT2D eigenvalue weighted by atomic mass is 16.5. The maximum Gasteiger partial charge on any atom is 0.372 e. The van der Waals surface area contributed by atoms with Crippen LogP contribution < -0.4 is 4.74 Å². The first kappa shape index (κ1) is 15.8. The molecule has 0 unspecified atom stereocenters. The maximum atomic E-state index is 11.3. The Kier molecular flexibility index (Phi) is 5.31. The summed E-state index contributed by atoms with van der Waals surface area (Å²) in [4.78, 5) is 21.9. The predicted molar refractivity (Wildman–Crippen MR) is 83.1 cm³/mol. The first-order valence-corrected chi connectivity index (χ1v) is 7.15. The van der Waals surface area contributed by atoms with E-state index in [1.54, 1.807) is 6.92 Å². The normalized spacial score (nSPS) is 11.7. The molecule has 0 saturated heterocycles. The van der Waals surface area contributed by atoms with Crippen LogP contribution in [0.2, 0.25) is 0 Å². The van der Waals surface area contributed by atoms with Gasteiger partial charge in [-0.3, -0.25) is 4.79 Å². The number of hydrogen-bond acceptors (Lipinski definition) is 3. The number of ether oxygens (including phenoxy) is 1. The number of carboxylic acid groups (broad SMARTS) is 1. The fourth-order valence-electron chi connectivity index (χ4n) is 2.07. The Morgan fingerprint density at radius 2 is 1.59 bits per heavy atom. The topological polar surface area (TPSA) is 63.6 Å². The number of Topliss-reactive ketones (excluding diaryl/α,β-unsaturated/α-hetero) is 1. The van der Waals surface area contributed by atoms with Gasteiger partial charge in [0.2, 0.25) is 5.78 Å². The van der Waals surface area contributed by atoms with Crippen LogP contribution in [-0.4, -0.2) is 16.9 Å². The van der Waals surface area contributed by atoms with Crippen LogP contribution in [0.4, 0.5) is 0 Å². The van der Waals surface area contributed by atoms with Gasteiger partial charge in [0.05, 0.1) is 0 Å². The molecule has 0 fully saturated rings. The second-order valence-corrected chi connectivity index (χ2v) is 5.17. The standard InChI is InChI=1S/C18H18O4/c1-13(17(19)18(20)21)7-8-14-9-11-16(12-10-14)22-15-5-3-2-4-6-15/h2-6,9-13H,7-8H2,1H3,(H,20,21)/t13-/m1/s1. The van der Waals surface area contributed by atoms with Crippen molar-refractivity contribution in [3.63, 3.8) is 0 Å². The summed E-state index contributed by atoms with van der Waals surface area (Å²) < 4.78 is 5.70. The average molecular weight is 298 g/mol. The number of carboxylic acids is 1. The summed E-state index contributed by atoms with van der Waals surface area (Å²) in [7, 11) is 0. The molecule has 1 atom stereocenters. The average Bonchev–Trinajstić information content (AvgIpc) is 2.54. The highest BCUT2D eigenvalue weighted by molar-refractivity contribution is 6.33. The van der Waals surface area contributed by atoms with Crippen LogP contribution in [0, 0.1) is 5.92 Å². The second-order valence-electron chi connectivity index (χ2n) is 5.17. The van der Waals surface area contributed by atoms with E-state index in [1.165, 1.54) is 0 Å². The monoisotopic (exact) mass is 298 g/mol. The number of hydrogen-bond donors (Lipinski definition) is 1. The summed E-state index contributed by atoms with van der Waals surface area (Å²) >= 11 is 0. The summed E-state index contributed by atoms with van der Waals surface area (Å²) in [6.45, 7) is 1.64. The Morgan fingerprint density at radius 1 is 1.00 bits per heavy atom. The number of rotatable bonds is 7. The summed E-state index contributed by atoms with van der Waals surface area (Å²) in [5.74, 6) is -1.05. The van der Waals surface area contributed by atoms with E-state index < -0.39 is 17.7 Å². The molecule has 4 nitrogen and oxygen atoms in total. The van der Waals surface area contributed by atoms with Crippen molar-refractivity contribution in [2.75, 3.05) is 0 Å². The largest absolute Gasteiger partial charge is 0.475 e. The van der Waals surface area contributed by atoms with Crippen molar-refractivity contribution in [2.45, 2.75) is 19.8 Å². The number of ketones is 1. The fourth-order valence-corrected chi connectivity index (χ4v) is 2.07. The molecular formula is C18H18O4. The van der Waals surface area contributed by atoms with Gasteiger partial charge in [0.15, 0.2) is 0 Å². The van der Waals surface area contributed by atoms with Gasteiger partial charge in [-0.2, -0.15) is 0 Å². The van der Waals surface area contributed by atoms with Crippen LogP contribution in [0.5, 0.6) is 11.5 Å². The Hall–Kier alpha value is -2.62. The first-order valence-electron chi connectivity index (χ1n) is 7.15. The molecule has 0 aromatic heterocycles. The molecule has 2 aromatic carbocycles. The Bertz CT molecular complexity index is 632. The highest BCUT2D eigenvalue weighted by Crippen LogP contribution is 2.22. The quantitative estimate of drug-likeness (QED) is 0.792. The van der Waals surface area contributed by atoms with Crippen molar-refractivity contribution in [1.82, 2.24) is 0 Å². The van der Waals surface area contributed by atoms with E-state index in [0.29, 0.717) is 12.8 Å². The molecule has 4 heteroatoms. The Morgan fingerprint density at radius 3 is 2.18 bits per heavy atom. The number of carbonyl (C=O) groups excluding carboxylic acids is 1. The molecule has 0 amide bonds. The summed E-state index contributed by atoms with van der Waals surface area (Å²) in [5, 5.41) is 8.66. The third kappa shape index (κ3) is 4.45. The van der Waals surface area contributed by atoms with E-state index in [4.69, 9.17) is 9.84 Å². The summed E-state index contributed by atoms with van der Waals surface area (Å²) in [6.07, 6.45) is 1.18. The molecule has 22 heavy (non-hydrogen) atoms. The highest BCUT2D eigenvalue weighted by Gasteiger charge is 2.19. The smallest absolute Gasteiger partial charge is 0.372 e. The van der Waals surface area contributed by atoms with Gasteiger partial charge >= 0.3 is 5.97 Å². The van der Waals surface area contributed by atoms with Crippen molar-refractivity contribution < 1.29 is 19.4 Å². The Balaban J connectivity index is 1.89. The molecule has 1 N–H and O–H groups in total. The van der Waals surface area contributed by atoms with Crippen molar-refractivity contribution in [1.29, 1.82) is 0 Å². The molecule has 0 spiro atoms. The third-order valence-electron chi connectivity index (χ3n) is 3.43. The number of aliphatic carboxylic acids is 1. The van der Waals surface area contributed by atoms with Gasteiger partial charge in [-0.15, -0.1) is 0 Å². The minimum atomic E-state index is -1.36. The minimum Gasteiger partial charge on any atom is -0.475 e. The SMILES string of the molecule is C[C@H](CCc1ccc(Oc2ccccc2)cc1)C(=O)C(=O)O. The van der Waals surface area contributed by atoms with E-state index in [-0.39, 0.29) is 0 Å². The van der Waals surface area contributed by atoms with E-state index >= 15 is 0 Å². The zero-order valence-electron chi connectivity index (χ0n) is 12.4. The van der Waals surface area contributed by atoms with Crippen molar-refractivity contribution in [2.24, 2.45) is 5.92 Å². The fraction of sp³-hybridized carbons (Fsp3) is 0.222. The van der Waals surface area contributed by atoms with Crippen molar-refractivity contribution in [3.8, 4) is 11.5 Å². The molecule has 0 saturated carbocycles. The predicted octanol–water partition coefficient (Wildman–Crippen LogP) is 3.70. The molecule has 114 valence electrons. The maximum absolute atomic E-state index is 11.3. The molecule has 0 heterocycles. The number of carbonyl (C=O) groups is 2. The number of aryl methyl sites for hydroxylation is 1. The van der Waals surface area contributed by atoms with Crippen LogP contribution in [0.15, 0.2) is 54.6 Å². The molecule has 0 bridgehead atoms. The third-order valence-corrected chi connectivity index (χ3v) is 3.43. The summed E-state index contributed by atoms with van der Waals surface area (Å²) in [5.41, 5.74) is 1.05. The lowest BCUT2D eigenvalue weighted by Crippen LogP contribution is -2.21. The molecule has 0 radical (unpaired) electrons. The first-order chi connectivity index (χ1) is 10.6. The zero-order valence-corrected chi connectivity index (χ0v) is 12.4. The van der Waals surface area contributed by atoms with E-state index in [2.05, 4.69) is 0 Å². The van der Waals surface area contributed by atoms with Gasteiger partial charge in [0.25, 0.3) is 0 Å². The van der Waals surface area contributed by atoms with Crippen LogP contribution >= 0.6 is 0 Å².